The molecule has 3 aromatic rings. The quantitative estimate of drug-likeness (QED) is 0.491. The number of carbonyl (C=O) groups is 1. The van der Waals surface area contributed by atoms with Gasteiger partial charge in [0.15, 0.2) is 0 Å². The molecular weight excluding hydrogens is 431 g/mol. The fourth-order valence-electron chi connectivity index (χ4n) is 4.18. The molecule has 1 aromatic heterocycles. The van der Waals surface area contributed by atoms with E-state index >= 15 is 0 Å². The number of pyridine rings is 1. The number of amides is 1. The molecule has 33 heavy (non-hydrogen) atoms. The maximum Gasteiger partial charge on any atom is 0.433 e. The summed E-state index contributed by atoms with van der Waals surface area (Å²) in [5.74, 6) is 0.586. The summed E-state index contributed by atoms with van der Waals surface area (Å²) in [6.45, 7) is 2.47. The maximum absolute atomic E-state index is 13.3. The van der Waals surface area contributed by atoms with Crippen molar-refractivity contribution in [2.24, 2.45) is 0 Å². The highest BCUT2D eigenvalue weighted by Crippen LogP contribution is 2.34. The number of fused-ring (bicyclic) bond motifs is 1. The number of hydrogen-bond acceptors (Lipinski definition) is 4. The van der Waals surface area contributed by atoms with Crippen LogP contribution in [0.1, 0.15) is 48.7 Å². The van der Waals surface area contributed by atoms with Crippen LogP contribution in [0.4, 0.5) is 18.9 Å². The molecule has 5 nitrogen and oxygen atoms in total. The topological polar surface area (TPSA) is 63.2 Å². The zero-order valence-corrected chi connectivity index (χ0v) is 18.3. The van der Waals surface area contributed by atoms with Gasteiger partial charge in [-0.25, -0.2) is 4.98 Å². The van der Waals surface area contributed by atoms with Crippen LogP contribution in [-0.4, -0.2) is 29.6 Å². The maximum atomic E-state index is 13.3. The Kier molecular flexibility index (Phi) is 6.72. The first-order chi connectivity index (χ1) is 15.8. The van der Waals surface area contributed by atoms with Gasteiger partial charge in [-0.2, -0.15) is 13.2 Å². The van der Waals surface area contributed by atoms with Crippen LogP contribution in [0.2, 0.25) is 0 Å². The van der Waals surface area contributed by atoms with Gasteiger partial charge >= 0.3 is 6.18 Å². The molecule has 2 N–H and O–H groups in total. The van der Waals surface area contributed by atoms with Crippen LogP contribution in [0.25, 0.3) is 10.9 Å². The number of benzene rings is 2. The standard InChI is InChI=1S/C25H26F3N3O2/c1-2-33-19-13-7-16(8-14-19)24(32)30-18-11-9-17(10-12-18)29-22-15-23(25(26,27)28)31-21-6-4-3-5-20(21)22/h3-8,13-15,17-18H,2,9-12H2,1H3,(H,29,31)(H,30,32)/t17-,18+. The Morgan fingerprint density at radius 1 is 1.03 bits per heavy atom. The van der Waals surface area contributed by atoms with Crippen LogP contribution >= 0.6 is 0 Å². The molecular formula is C25H26F3N3O2. The summed E-state index contributed by atoms with van der Waals surface area (Å²) in [7, 11) is 0. The van der Waals surface area contributed by atoms with E-state index in [9.17, 15) is 18.0 Å². The van der Waals surface area contributed by atoms with E-state index in [-0.39, 0.29) is 18.0 Å². The van der Waals surface area contributed by atoms with Crippen LogP contribution in [-0.2, 0) is 6.18 Å². The number of rotatable bonds is 6. The van der Waals surface area contributed by atoms with Gasteiger partial charge in [0.1, 0.15) is 11.4 Å². The Balaban J connectivity index is 1.38. The Morgan fingerprint density at radius 3 is 2.36 bits per heavy atom. The SMILES string of the molecule is CCOc1ccc(C(=O)N[C@H]2CC[C@@H](Nc3cc(C(F)(F)F)nc4ccccc34)CC2)cc1. The number of alkyl halides is 3. The number of nitrogens with one attached hydrogen (secondary N) is 2. The van der Waals surface area contributed by atoms with Gasteiger partial charge in [0.05, 0.1) is 12.1 Å². The van der Waals surface area contributed by atoms with Crippen LogP contribution in [0.15, 0.2) is 54.6 Å². The van der Waals surface area contributed by atoms with Gasteiger partial charge in [-0.15, -0.1) is 0 Å². The molecule has 1 amide bonds. The van der Waals surface area contributed by atoms with Crippen LogP contribution < -0.4 is 15.4 Å². The van der Waals surface area contributed by atoms with Crippen molar-refractivity contribution in [3.63, 3.8) is 0 Å². The summed E-state index contributed by atoms with van der Waals surface area (Å²) in [5, 5.41) is 7.02. The summed E-state index contributed by atoms with van der Waals surface area (Å²) < 4.78 is 45.3. The van der Waals surface area contributed by atoms with E-state index in [1.54, 1.807) is 48.5 Å². The van der Waals surface area contributed by atoms with Gasteiger partial charge in [0.25, 0.3) is 5.91 Å². The molecule has 0 aliphatic heterocycles. The number of aromatic nitrogens is 1. The molecule has 1 saturated carbocycles. The first kappa shape index (κ1) is 22.9. The third-order valence-electron chi connectivity index (χ3n) is 5.86. The van der Waals surface area contributed by atoms with E-state index < -0.39 is 11.9 Å². The average molecular weight is 457 g/mol. The van der Waals surface area contributed by atoms with E-state index in [0.717, 1.165) is 37.5 Å². The normalized spacial score (nSPS) is 18.7. The van der Waals surface area contributed by atoms with Crippen molar-refractivity contribution >= 4 is 22.5 Å². The minimum Gasteiger partial charge on any atom is -0.494 e. The fourth-order valence-corrected chi connectivity index (χ4v) is 4.18. The summed E-state index contributed by atoms with van der Waals surface area (Å²) in [4.78, 5) is 16.3. The van der Waals surface area contributed by atoms with Crippen molar-refractivity contribution in [3.8, 4) is 5.75 Å². The number of nitrogens with zero attached hydrogens (tertiary/aromatic N) is 1. The summed E-state index contributed by atoms with van der Waals surface area (Å²) >= 11 is 0. The number of para-hydroxylation sites is 1. The van der Waals surface area contributed by atoms with Crippen molar-refractivity contribution < 1.29 is 22.7 Å². The minimum atomic E-state index is -4.51. The highest BCUT2D eigenvalue weighted by molar-refractivity contribution is 5.94. The van der Waals surface area contributed by atoms with Gasteiger partial charge in [-0.1, -0.05) is 18.2 Å². The Labute approximate surface area is 190 Å². The predicted molar refractivity (Wildman–Crippen MR) is 121 cm³/mol. The minimum absolute atomic E-state index is 0.0236. The highest BCUT2D eigenvalue weighted by atomic mass is 19.4. The zero-order valence-electron chi connectivity index (χ0n) is 18.3. The molecule has 0 spiro atoms. The Morgan fingerprint density at radius 2 is 1.70 bits per heavy atom. The van der Waals surface area contributed by atoms with E-state index in [0.29, 0.717) is 28.8 Å². The van der Waals surface area contributed by atoms with Gasteiger partial charge in [0.2, 0.25) is 0 Å². The number of carbonyl (C=O) groups excluding carboxylic acids is 1. The number of halogens is 3. The van der Waals surface area contributed by atoms with E-state index in [4.69, 9.17) is 4.74 Å². The Hall–Kier alpha value is -3.29. The molecule has 0 saturated heterocycles. The summed E-state index contributed by atoms with van der Waals surface area (Å²) in [5.41, 5.74) is 0.419. The van der Waals surface area contributed by atoms with Crippen LogP contribution in [0, 0.1) is 0 Å². The van der Waals surface area contributed by atoms with E-state index in [1.165, 1.54) is 0 Å². The second kappa shape index (κ2) is 9.68. The first-order valence-corrected chi connectivity index (χ1v) is 11.1. The summed E-state index contributed by atoms with van der Waals surface area (Å²) in [6, 6.07) is 15.0. The third kappa shape index (κ3) is 5.56. The monoisotopic (exact) mass is 457 g/mol. The molecule has 8 heteroatoms. The van der Waals surface area contributed by atoms with Gasteiger partial charge in [0, 0.05) is 28.7 Å². The predicted octanol–water partition coefficient (Wildman–Crippen LogP) is 5.81. The third-order valence-corrected chi connectivity index (χ3v) is 5.86. The average Bonchev–Trinajstić information content (AvgIpc) is 2.80. The van der Waals surface area contributed by atoms with E-state index in [2.05, 4.69) is 15.6 Å². The molecule has 1 aliphatic carbocycles. The van der Waals surface area contributed by atoms with Crippen LogP contribution in [0.5, 0.6) is 5.75 Å². The number of anilines is 1. The highest BCUT2D eigenvalue weighted by Gasteiger charge is 2.33. The lowest BCUT2D eigenvalue weighted by Gasteiger charge is -2.30. The second-order valence-corrected chi connectivity index (χ2v) is 8.19. The number of hydrogen-bond donors (Lipinski definition) is 2. The molecule has 1 heterocycles. The molecule has 174 valence electrons. The van der Waals surface area contributed by atoms with Gasteiger partial charge < -0.3 is 15.4 Å². The van der Waals surface area contributed by atoms with Gasteiger partial charge in [-0.3, -0.25) is 4.79 Å². The Bertz CT molecular complexity index is 1110. The van der Waals surface area contributed by atoms with Gasteiger partial charge in [-0.05, 0) is 69.0 Å². The molecule has 2 aromatic carbocycles. The molecule has 0 bridgehead atoms. The summed E-state index contributed by atoms with van der Waals surface area (Å²) in [6.07, 6.45) is -1.53. The molecule has 0 atom stereocenters. The lowest BCUT2D eigenvalue weighted by atomic mass is 9.90. The van der Waals surface area contributed by atoms with Crippen molar-refractivity contribution in [2.45, 2.75) is 50.9 Å². The zero-order chi connectivity index (χ0) is 23.4. The van der Waals surface area contributed by atoms with Crippen molar-refractivity contribution in [3.05, 3.63) is 65.9 Å². The smallest absolute Gasteiger partial charge is 0.433 e. The lowest BCUT2D eigenvalue weighted by Crippen LogP contribution is -2.40. The van der Waals surface area contributed by atoms with Crippen molar-refractivity contribution in [2.75, 3.05) is 11.9 Å². The van der Waals surface area contributed by atoms with E-state index in [1.807, 2.05) is 6.92 Å². The molecule has 0 unspecified atom stereocenters. The molecule has 0 radical (unpaired) electrons. The second-order valence-electron chi connectivity index (χ2n) is 8.19. The largest absolute Gasteiger partial charge is 0.494 e. The lowest BCUT2D eigenvalue weighted by molar-refractivity contribution is -0.140. The molecule has 4 rings (SSSR count). The number of ether oxygens (including phenoxy) is 1. The fraction of sp³-hybridized carbons (Fsp3) is 0.360. The van der Waals surface area contributed by atoms with Crippen molar-refractivity contribution in [1.29, 1.82) is 0 Å². The van der Waals surface area contributed by atoms with Crippen molar-refractivity contribution in [1.82, 2.24) is 10.3 Å². The first-order valence-electron chi connectivity index (χ1n) is 11.1. The van der Waals surface area contributed by atoms with Crippen LogP contribution in [0.3, 0.4) is 0 Å². The molecule has 1 aliphatic rings. The molecule has 1 fully saturated rings.